The zero-order valence-corrected chi connectivity index (χ0v) is 27.1. The van der Waals surface area contributed by atoms with E-state index < -0.39 is 0 Å². The van der Waals surface area contributed by atoms with Crippen LogP contribution in [0.2, 0.25) is 0 Å². The van der Waals surface area contributed by atoms with Gasteiger partial charge in [0.2, 0.25) is 0 Å². The lowest BCUT2D eigenvalue weighted by Gasteiger charge is -2.13. The number of hydrogen-bond donors (Lipinski definition) is 0. The molecule has 0 amide bonds. The predicted molar refractivity (Wildman–Crippen MR) is 206 cm³/mol. The van der Waals surface area contributed by atoms with Crippen molar-refractivity contribution < 1.29 is 0 Å². The Morgan fingerprint density at radius 3 is 1.73 bits per heavy atom. The van der Waals surface area contributed by atoms with E-state index in [1.807, 2.05) is 11.3 Å². The smallest absolute Gasteiger partial charge is 0.0619 e. The second-order valence-corrected chi connectivity index (χ2v) is 13.2. The lowest BCUT2D eigenvalue weighted by Crippen LogP contribution is -2.21. The fraction of sp³-hybridized carbons (Fsp3) is 0. The maximum atomic E-state index is 4.66. The largest absolute Gasteiger partial charge is 0.309 e. The molecule has 0 spiro atoms. The topological polar surface area (TPSA) is 4.93 Å². The highest BCUT2D eigenvalue weighted by atomic mass is 32.1. The Morgan fingerprint density at radius 1 is 0.479 bits per heavy atom. The summed E-state index contributed by atoms with van der Waals surface area (Å²) < 4.78 is 4.89. The number of rotatable bonds is 5. The lowest BCUT2D eigenvalue weighted by molar-refractivity contribution is 1.18. The molecular weight excluding hydrogens is 599 g/mol. The van der Waals surface area contributed by atoms with Crippen LogP contribution in [0.1, 0.15) is 11.1 Å². The summed E-state index contributed by atoms with van der Waals surface area (Å²) in [5.41, 5.74) is 12.1. The maximum Gasteiger partial charge on any atom is 0.0619 e. The first-order valence-corrected chi connectivity index (χ1v) is 17.1. The van der Waals surface area contributed by atoms with Gasteiger partial charge in [-0.2, -0.15) is 0 Å². The fourth-order valence-electron chi connectivity index (χ4n) is 7.19. The van der Waals surface area contributed by atoms with Gasteiger partial charge in [-0.1, -0.05) is 158 Å². The lowest BCUT2D eigenvalue weighted by atomic mass is 9.96. The van der Waals surface area contributed by atoms with Crippen LogP contribution < -0.4 is 9.75 Å². The molecule has 0 atom stereocenters. The van der Waals surface area contributed by atoms with E-state index in [0.29, 0.717) is 0 Å². The molecule has 0 N–H and O–H groups in total. The van der Waals surface area contributed by atoms with E-state index >= 15 is 0 Å². The van der Waals surface area contributed by atoms with Crippen LogP contribution in [0, 0.1) is 0 Å². The van der Waals surface area contributed by atoms with Crippen LogP contribution in [-0.2, 0) is 0 Å². The normalized spacial score (nSPS) is 11.4. The first-order valence-electron chi connectivity index (χ1n) is 16.3. The van der Waals surface area contributed by atoms with Gasteiger partial charge in [0.05, 0.1) is 11.0 Å². The van der Waals surface area contributed by atoms with E-state index in [4.69, 9.17) is 0 Å². The van der Waals surface area contributed by atoms with Crippen molar-refractivity contribution in [1.82, 2.24) is 4.57 Å². The van der Waals surface area contributed by atoms with Crippen molar-refractivity contribution in [2.75, 3.05) is 0 Å². The van der Waals surface area contributed by atoms with Crippen molar-refractivity contribution in [3.05, 3.63) is 197 Å². The number of benzene rings is 7. The summed E-state index contributed by atoms with van der Waals surface area (Å²) in [6.45, 7) is 4.66. The number of aromatic nitrogens is 1. The van der Waals surface area contributed by atoms with Gasteiger partial charge < -0.3 is 4.57 Å². The third kappa shape index (κ3) is 4.61. The van der Waals surface area contributed by atoms with Crippen LogP contribution in [0.3, 0.4) is 0 Å². The van der Waals surface area contributed by atoms with E-state index in [2.05, 4.69) is 187 Å². The number of hydrogen-bond acceptors (Lipinski definition) is 1. The van der Waals surface area contributed by atoms with Gasteiger partial charge in [-0.05, 0) is 57.3 Å². The van der Waals surface area contributed by atoms with Gasteiger partial charge in [0, 0.05) is 42.2 Å². The molecule has 226 valence electrons. The average molecular weight is 630 g/mol. The van der Waals surface area contributed by atoms with Crippen molar-refractivity contribution in [3.8, 4) is 27.9 Å². The van der Waals surface area contributed by atoms with Crippen molar-refractivity contribution in [2.24, 2.45) is 0 Å². The highest BCUT2D eigenvalue weighted by Crippen LogP contribution is 2.39. The second kappa shape index (κ2) is 11.7. The number of fused-ring (bicyclic) bond motifs is 4. The summed E-state index contributed by atoms with van der Waals surface area (Å²) in [6, 6.07) is 63.2. The van der Waals surface area contributed by atoms with Crippen molar-refractivity contribution in [3.63, 3.8) is 0 Å². The molecule has 9 rings (SSSR count). The van der Waals surface area contributed by atoms with Crippen LogP contribution in [0.5, 0.6) is 0 Å². The molecule has 2 heterocycles. The second-order valence-electron chi connectivity index (χ2n) is 12.2. The molecule has 0 fully saturated rings. The van der Waals surface area contributed by atoms with Crippen LogP contribution in [-0.4, -0.2) is 4.57 Å². The van der Waals surface area contributed by atoms with Crippen LogP contribution in [0.15, 0.2) is 176 Å². The summed E-state index contributed by atoms with van der Waals surface area (Å²) in [5.74, 6) is 0. The molecule has 0 unspecified atom stereocenters. The molecule has 9 aromatic rings. The molecule has 1 nitrogen and oxygen atoms in total. The molecule has 0 aliphatic heterocycles. The van der Waals surface area contributed by atoms with E-state index in [9.17, 15) is 0 Å². The highest BCUT2D eigenvalue weighted by Gasteiger charge is 2.17. The SMILES string of the molecule is C=c1c(=C(c2ccccc2)c2ccccc2)sc2c(-c3cccc(-c4cccc5c6ccccc6n(-c6ccccc6)c45)c3)cccc12. The van der Waals surface area contributed by atoms with E-state index in [0.717, 1.165) is 10.9 Å². The molecule has 2 heteroatoms. The third-order valence-corrected chi connectivity index (χ3v) is 10.7. The van der Waals surface area contributed by atoms with Crippen molar-refractivity contribution in [1.29, 1.82) is 0 Å². The number of thiophene rings is 1. The quantitative estimate of drug-likeness (QED) is 0.179. The molecule has 0 saturated carbocycles. The van der Waals surface area contributed by atoms with Crippen LogP contribution >= 0.6 is 11.3 Å². The zero-order valence-electron chi connectivity index (χ0n) is 26.3. The van der Waals surface area contributed by atoms with E-state index in [1.54, 1.807) is 0 Å². The molecule has 0 saturated heterocycles. The molecule has 0 bridgehead atoms. The molecule has 0 radical (unpaired) electrons. The van der Waals surface area contributed by atoms with Crippen LogP contribution in [0.25, 0.3) is 72.0 Å². The van der Waals surface area contributed by atoms with Gasteiger partial charge >= 0.3 is 0 Å². The molecule has 0 aliphatic rings. The fourth-order valence-corrected chi connectivity index (χ4v) is 8.56. The standard InChI is InChI=1S/C46H31NS/c1-31-37-25-14-27-39(46(37)48-45(31)43(32-16-5-2-6-17-32)33-18-7-3-8-19-33)35-21-13-20-34(30-35)38-26-15-28-41-40-24-11-12-29-42(40)47(44(38)41)36-22-9-4-10-23-36/h2-30H,1H2. The minimum Gasteiger partial charge on any atom is -0.309 e. The molecule has 2 aromatic heterocycles. The third-order valence-electron chi connectivity index (χ3n) is 9.36. The minimum atomic E-state index is 1.08. The van der Waals surface area contributed by atoms with E-state index in [-0.39, 0.29) is 0 Å². The monoisotopic (exact) mass is 629 g/mol. The molecule has 48 heavy (non-hydrogen) atoms. The summed E-state index contributed by atoms with van der Waals surface area (Å²) in [6.07, 6.45) is 0. The number of para-hydroxylation sites is 3. The zero-order chi connectivity index (χ0) is 32.0. The summed E-state index contributed by atoms with van der Waals surface area (Å²) in [7, 11) is 0. The summed E-state index contributed by atoms with van der Waals surface area (Å²) >= 11 is 1.85. The van der Waals surface area contributed by atoms with Gasteiger partial charge in [-0.15, -0.1) is 11.3 Å². The van der Waals surface area contributed by atoms with Gasteiger partial charge in [-0.3, -0.25) is 0 Å². The maximum absolute atomic E-state index is 4.66. The Hall–Kier alpha value is -5.96. The Labute approximate surface area is 283 Å². The van der Waals surface area contributed by atoms with Gasteiger partial charge in [0.15, 0.2) is 0 Å². The Bertz CT molecular complexity index is 2680. The van der Waals surface area contributed by atoms with Gasteiger partial charge in [0.25, 0.3) is 0 Å². The Balaban J connectivity index is 1.28. The molecule has 0 aliphatic carbocycles. The van der Waals surface area contributed by atoms with Gasteiger partial charge in [-0.25, -0.2) is 0 Å². The number of nitrogens with zero attached hydrogens (tertiary/aromatic N) is 1. The first-order chi connectivity index (χ1) is 23.8. The minimum absolute atomic E-state index is 1.08. The summed E-state index contributed by atoms with van der Waals surface area (Å²) in [5, 5.41) is 4.80. The highest BCUT2D eigenvalue weighted by molar-refractivity contribution is 7.17. The van der Waals surface area contributed by atoms with Gasteiger partial charge in [0.1, 0.15) is 0 Å². The Kier molecular flexibility index (Phi) is 6.88. The van der Waals surface area contributed by atoms with Crippen LogP contribution in [0.4, 0.5) is 0 Å². The molecular formula is C46H31NS. The predicted octanol–water partition coefficient (Wildman–Crippen LogP) is 11.0. The van der Waals surface area contributed by atoms with E-state index in [1.165, 1.54) is 75.4 Å². The first kappa shape index (κ1) is 28.3. The Morgan fingerprint density at radius 2 is 1.02 bits per heavy atom. The van der Waals surface area contributed by atoms with Crippen molar-refractivity contribution >= 4 is 55.4 Å². The van der Waals surface area contributed by atoms with Crippen molar-refractivity contribution in [2.45, 2.75) is 0 Å². The average Bonchev–Trinajstić information content (AvgIpc) is 3.68. The molecule has 7 aromatic carbocycles. The summed E-state index contributed by atoms with van der Waals surface area (Å²) in [4.78, 5) is 0.